The Hall–Kier alpha value is -3.32. The zero-order valence-corrected chi connectivity index (χ0v) is 17.1. The van der Waals surface area contributed by atoms with Gasteiger partial charge >= 0.3 is 0 Å². The number of nitrogens with zero attached hydrogens (tertiary/aromatic N) is 2. The van der Waals surface area contributed by atoms with Crippen molar-refractivity contribution >= 4 is 11.6 Å². The van der Waals surface area contributed by atoms with Gasteiger partial charge in [0.05, 0.1) is 26.0 Å². The first kappa shape index (κ1) is 20.0. The molecule has 1 saturated heterocycles. The number of nitrogens with one attached hydrogen (secondary N) is 1. The van der Waals surface area contributed by atoms with Gasteiger partial charge in [0.15, 0.2) is 0 Å². The predicted octanol–water partition coefficient (Wildman–Crippen LogP) is 3.96. The van der Waals surface area contributed by atoms with Crippen molar-refractivity contribution in [3.8, 4) is 23.0 Å². The van der Waals surface area contributed by atoms with Crippen molar-refractivity contribution in [2.75, 3.05) is 26.1 Å². The fourth-order valence-corrected chi connectivity index (χ4v) is 3.67. The molecule has 0 unspecified atom stereocenters. The van der Waals surface area contributed by atoms with Crippen LogP contribution in [0.3, 0.4) is 0 Å². The van der Waals surface area contributed by atoms with Crippen molar-refractivity contribution in [1.29, 1.82) is 0 Å². The van der Waals surface area contributed by atoms with Crippen LogP contribution in [0.2, 0.25) is 0 Å². The quantitative estimate of drug-likeness (QED) is 0.639. The molecule has 7 heteroatoms. The predicted molar refractivity (Wildman–Crippen MR) is 114 cm³/mol. The molecular weight excluding hydrogens is 382 g/mol. The summed E-state index contributed by atoms with van der Waals surface area (Å²) in [4.78, 5) is 19.6. The number of carbonyl (C=O) groups excluding carboxylic acids is 1. The van der Waals surface area contributed by atoms with E-state index in [0.717, 1.165) is 47.8 Å². The van der Waals surface area contributed by atoms with E-state index in [1.54, 1.807) is 20.5 Å². The number of rotatable bonds is 7. The topological polar surface area (TPSA) is 76.8 Å². The fourth-order valence-electron chi connectivity index (χ4n) is 3.67. The largest absolute Gasteiger partial charge is 0.497 e. The first-order valence-corrected chi connectivity index (χ1v) is 9.94. The van der Waals surface area contributed by atoms with E-state index in [2.05, 4.69) is 15.2 Å². The highest BCUT2D eigenvalue weighted by atomic mass is 16.5. The molecule has 0 bridgehead atoms. The molecule has 1 aromatic heterocycles. The second-order valence-corrected chi connectivity index (χ2v) is 7.22. The number of aromatic nitrogens is 1. The molecular formula is C23H25N3O4. The van der Waals surface area contributed by atoms with Crippen LogP contribution < -0.4 is 14.8 Å². The average molecular weight is 407 g/mol. The van der Waals surface area contributed by atoms with Crippen molar-refractivity contribution < 1.29 is 18.7 Å². The summed E-state index contributed by atoms with van der Waals surface area (Å²) in [5.74, 6) is 2.10. The normalized spacial score (nSPS) is 16.4. The summed E-state index contributed by atoms with van der Waals surface area (Å²) >= 11 is 0. The second-order valence-electron chi connectivity index (χ2n) is 7.22. The molecule has 0 spiro atoms. The zero-order chi connectivity index (χ0) is 20.9. The third-order valence-corrected chi connectivity index (χ3v) is 5.28. The van der Waals surface area contributed by atoms with Crippen LogP contribution in [-0.2, 0) is 11.3 Å². The Morgan fingerprint density at radius 1 is 1.10 bits per heavy atom. The van der Waals surface area contributed by atoms with Crippen molar-refractivity contribution in [3.63, 3.8) is 0 Å². The molecule has 7 nitrogen and oxygen atoms in total. The Labute approximate surface area is 175 Å². The van der Waals surface area contributed by atoms with Gasteiger partial charge in [-0.05, 0) is 67.9 Å². The Morgan fingerprint density at radius 2 is 1.77 bits per heavy atom. The standard InChI is InChI=1S/C23H25N3O4/c1-28-19-9-5-16(6-10-19)23-25-18(15-30-23)14-26-13-3-4-21(26)22(27)24-17-7-11-20(29-2)12-8-17/h5-12,15,21H,3-4,13-14H2,1-2H3,(H,24,27)/t21-/m1/s1. The Kier molecular flexibility index (Phi) is 5.99. The zero-order valence-electron chi connectivity index (χ0n) is 17.1. The van der Waals surface area contributed by atoms with Gasteiger partial charge in [0.2, 0.25) is 11.8 Å². The molecule has 2 heterocycles. The maximum atomic E-state index is 12.8. The van der Waals surface area contributed by atoms with Gasteiger partial charge in [-0.25, -0.2) is 4.98 Å². The number of benzene rings is 2. The summed E-state index contributed by atoms with van der Waals surface area (Å²) in [6.07, 6.45) is 3.46. The molecule has 4 rings (SSSR count). The van der Waals surface area contributed by atoms with E-state index >= 15 is 0 Å². The van der Waals surface area contributed by atoms with Crippen LogP contribution in [-0.4, -0.2) is 42.6 Å². The molecule has 30 heavy (non-hydrogen) atoms. The summed E-state index contributed by atoms with van der Waals surface area (Å²) in [5.41, 5.74) is 2.46. The van der Waals surface area contributed by atoms with Gasteiger partial charge in [0.1, 0.15) is 17.8 Å². The van der Waals surface area contributed by atoms with Crippen LogP contribution in [0.25, 0.3) is 11.5 Å². The lowest BCUT2D eigenvalue weighted by atomic mass is 10.2. The molecule has 0 aliphatic carbocycles. The second kappa shape index (κ2) is 9.00. The van der Waals surface area contributed by atoms with E-state index in [9.17, 15) is 4.79 Å². The van der Waals surface area contributed by atoms with E-state index in [1.165, 1.54) is 0 Å². The number of anilines is 1. The summed E-state index contributed by atoms with van der Waals surface area (Å²) in [6, 6.07) is 14.7. The molecule has 1 N–H and O–H groups in total. The molecule has 156 valence electrons. The van der Waals surface area contributed by atoms with Crippen molar-refractivity contribution in [3.05, 3.63) is 60.5 Å². The van der Waals surface area contributed by atoms with E-state index < -0.39 is 0 Å². The maximum absolute atomic E-state index is 12.8. The molecule has 1 aliphatic rings. The van der Waals surface area contributed by atoms with Gasteiger partial charge in [-0.1, -0.05) is 0 Å². The highest BCUT2D eigenvalue weighted by Gasteiger charge is 2.31. The fraction of sp³-hybridized carbons (Fsp3) is 0.304. The number of oxazole rings is 1. The maximum Gasteiger partial charge on any atom is 0.241 e. The van der Waals surface area contributed by atoms with Gasteiger partial charge < -0.3 is 19.2 Å². The average Bonchev–Trinajstić information content (AvgIpc) is 3.44. The number of methoxy groups -OCH3 is 2. The van der Waals surface area contributed by atoms with Crippen molar-refractivity contribution in [2.45, 2.75) is 25.4 Å². The first-order chi connectivity index (χ1) is 14.7. The molecule has 1 aliphatic heterocycles. The van der Waals surface area contributed by atoms with Crippen LogP contribution in [0, 0.1) is 0 Å². The molecule has 3 aromatic rings. The number of hydrogen-bond donors (Lipinski definition) is 1. The summed E-state index contributed by atoms with van der Waals surface area (Å²) in [7, 11) is 3.25. The van der Waals surface area contributed by atoms with Gasteiger partial charge in [-0.15, -0.1) is 0 Å². The van der Waals surface area contributed by atoms with Crippen LogP contribution >= 0.6 is 0 Å². The number of likely N-dealkylation sites (tertiary alicyclic amines) is 1. The third kappa shape index (κ3) is 4.46. The highest BCUT2D eigenvalue weighted by molar-refractivity contribution is 5.95. The molecule has 0 radical (unpaired) electrons. The van der Waals surface area contributed by atoms with Gasteiger partial charge in [-0.2, -0.15) is 0 Å². The van der Waals surface area contributed by atoms with Crippen LogP contribution in [0.1, 0.15) is 18.5 Å². The third-order valence-electron chi connectivity index (χ3n) is 5.28. The molecule has 2 aromatic carbocycles. The van der Waals surface area contributed by atoms with Gasteiger partial charge in [-0.3, -0.25) is 9.69 Å². The Bertz CT molecular complexity index is 982. The monoisotopic (exact) mass is 407 g/mol. The van der Waals surface area contributed by atoms with Gasteiger partial charge in [0.25, 0.3) is 0 Å². The number of carbonyl (C=O) groups is 1. The number of hydrogen-bond acceptors (Lipinski definition) is 6. The van der Waals surface area contributed by atoms with E-state index in [0.29, 0.717) is 12.4 Å². The molecule has 1 fully saturated rings. The minimum Gasteiger partial charge on any atom is -0.497 e. The number of ether oxygens (including phenoxy) is 2. The minimum absolute atomic E-state index is 0.00320. The van der Waals surface area contributed by atoms with Crippen molar-refractivity contribution in [1.82, 2.24) is 9.88 Å². The summed E-state index contributed by atoms with van der Waals surface area (Å²) in [5, 5.41) is 3.00. The number of amides is 1. The molecule has 1 amide bonds. The first-order valence-electron chi connectivity index (χ1n) is 9.94. The van der Waals surface area contributed by atoms with Crippen LogP contribution in [0.4, 0.5) is 5.69 Å². The van der Waals surface area contributed by atoms with Crippen LogP contribution in [0.15, 0.2) is 59.2 Å². The van der Waals surface area contributed by atoms with Crippen molar-refractivity contribution in [2.24, 2.45) is 0 Å². The Morgan fingerprint density at radius 3 is 2.43 bits per heavy atom. The van der Waals surface area contributed by atoms with E-state index in [1.807, 2.05) is 48.5 Å². The smallest absolute Gasteiger partial charge is 0.241 e. The summed E-state index contributed by atoms with van der Waals surface area (Å²) < 4.78 is 16.0. The van der Waals surface area contributed by atoms with Gasteiger partial charge in [0, 0.05) is 17.8 Å². The van der Waals surface area contributed by atoms with E-state index in [-0.39, 0.29) is 11.9 Å². The lowest BCUT2D eigenvalue weighted by molar-refractivity contribution is -0.120. The Balaban J connectivity index is 1.39. The SMILES string of the molecule is COc1ccc(NC(=O)[C@H]2CCCN2Cc2coc(-c3ccc(OC)cc3)n2)cc1. The lowest BCUT2D eigenvalue weighted by Gasteiger charge is -2.22. The molecule has 0 saturated carbocycles. The highest BCUT2D eigenvalue weighted by Crippen LogP contribution is 2.25. The molecule has 1 atom stereocenters. The lowest BCUT2D eigenvalue weighted by Crippen LogP contribution is -2.39. The van der Waals surface area contributed by atoms with E-state index in [4.69, 9.17) is 13.9 Å². The van der Waals surface area contributed by atoms with Crippen LogP contribution in [0.5, 0.6) is 11.5 Å². The minimum atomic E-state index is -0.187. The summed E-state index contributed by atoms with van der Waals surface area (Å²) in [6.45, 7) is 1.42.